The first-order valence-electron chi connectivity index (χ1n) is 4.72. The van der Waals surface area contributed by atoms with E-state index < -0.39 is 0 Å². The van der Waals surface area contributed by atoms with Gasteiger partial charge in [0.1, 0.15) is 5.82 Å². The first-order valence-corrected chi connectivity index (χ1v) is 4.72. The summed E-state index contributed by atoms with van der Waals surface area (Å²) >= 11 is 0. The summed E-state index contributed by atoms with van der Waals surface area (Å²) in [6, 6.07) is 6.42. The Hall–Kier alpha value is -1.38. The van der Waals surface area contributed by atoms with Gasteiger partial charge in [-0.1, -0.05) is 25.1 Å². The molecule has 0 radical (unpaired) electrons. The van der Waals surface area contributed by atoms with Crippen molar-refractivity contribution in [3.8, 4) is 0 Å². The molecule has 0 bridgehead atoms. The lowest BCUT2D eigenvalue weighted by molar-refractivity contribution is -0.119. The van der Waals surface area contributed by atoms with Crippen LogP contribution in [0.15, 0.2) is 24.3 Å². The smallest absolute Gasteiger partial charge is 0.220 e. The predicted molar refractivity (Wildman–Crippen MR) is 51.1 cm³/mol. The van der Waals surface area contributed by atoms with Crippen LogP contribution in [0.2, 0.25) is 0 Å². The minimum atomic E-state index is -0.244. The van der Waals surface area contributed by atoms with Crippen molar-refractivity contribution in [3.05, 3.63) is 35.6 Å². The third-order valence-electron chi connectivity index (χ3n) is 2.63. The molecule has 1 fully saturated rings. The fourth-order valence-corrected chi connectivity index (χ4v) is 1.90. The number of carbonyl (C=O) groups is 1. The van der Waals surface area contributed by atoms with E-state index in [4.69, 9.17) is 0 Å². The van der Waals surface area contributed by atoms with Crippen molar-refractivity contribution >= 4 is 5.91 Å². The van der Waals surface area contributed by atoms with E-state index in [-0.39, 0.29) is 23.7 Å². The highest BCUT2D eigenvalue weighted by Crippen LogP contribution is 2.30. The second-order valence-electron chi connectivity index (χ2n) is 3.75. The van der Waals surface area contributed by atoms with Crippen molar-refractivity contribution in [2.24, 2.45) is 5.92 Å². The van der Waals surface area contributed by atoms with Crippen LogP contribution in [-0.4, -0.2) is 5.91 Å². The van der Waals surface area contributed by atoms with E-state index in [1.54, 1.807) is 18.2 Å². The van der Waals surface area contributed by atoms with E-state index in [0.29, 0.717) is 12.0 Å². The fraction of sp³-hybridized carbons (Fsp3) is 0.364. The van der Waals surface area contributed by atoms with Crippen LogP contribution >= 0.6 is 0 Å². The lowest BCUT2D eigenvalue weighted by Gasteiger charge is -2.15. The molecule has 14 heavy (non-hydrogen) atoms. The number of hydrogen-bond acceptors (Lipinski definition) is 1. The first-order chi connectivity index (χ1) is 6.68. The normalized spacial score (nSPS) is 26.3. The summed E-state index contributed by atoms with van der Waals surface area (Å²) in [6.07, 6.45) is 0.485. The van der Waals surface area contributed by atoms with Crippen molar-refractivity contribution in [1.29, 1.82) is 0 Å². The monoisotopic (exact) mass is 193 g/mol. The van der Waals surface area contributed by atoms with Gasteiger partial charge in [0.2, 0.25) is 5.91 Å². The Morgan fingerprint density at radius 2 is 2.14 bits per heavy atom. The molecular formula is C11H12FNO. The predicted octanol–water partition coefficient (Wildman–Crippen LogP) is 2.02. The number of hydrogen-bond donors (Lipinski definition) is 1. The summed E-state index contributed by atoms with van der Waals surface area (Å²) in [4.78, 5) is 11.1. The van der Waals surface area contributed by atoms with Gasteiger partial charge in [0, 0.05) is 12.0 Å². The van der Waals surface area contributed by atoms with Crippen molar-refractivity contribution in [1.82, 2.24) is 5.32 Å². The molecule has 0 aliphatic carbocycles. The maximum Gasteiger partial charge on any atom is 0.220 e. The number of rotatable bonds is 1. The van der Waals surface area contributed by atoms with Gasteiger partial charge in [-0.15, -0.1) is 0 Å². The van der Waals surface area contributed by atoms with E-state index in [9.17, 15) is 9.18 Å². The minimum Gasteiger partial charge on any atom is -0.349 e. The van der Waals surface area contributed by atoms with Gasteiger partial charge in [0.25, 0.3) is 0 Å². The topological polar surface area (TPSA) is 29.1 Å². The Labute approximate surface area is 82.1 Å². The summed E-state index contributed by atoms with van der Waals surface area (Å²) < 4.78 is 13.4. The van der Waals surface area contributed by atoms with E-state index in [0.717, 1.165) is 0 Å². The molecule has 3 heteroatoms. The van der Waals surface area contributed by atoms with E-state index in [2.05, 4.69) is 5.32 Å². The van der Waals surface area contributed by atoms with Crippen LogP contribution in [0.1, 0.15) is 24.9 Å². The van der Waals surface area contributed by atoms with Gasteiger partial charge in [-0.3, -0.25) is 4.79 Å². The van der Waals surface area contributed by atoms with Gasteiger partial charge in [0.15, 0.2) is 0 Å². The Balaban J connectivity index is 2.32. The van der Waals surface area contributed by atoms with Crippen LogP contribution in [0, 0.1) is 11.7 Å². The zero-order chi connectivity index (χ0) is 10.1. The lowest BCUT2D eigenvalue weighted by atomic mass is 9.96. The largest absolute Gasteiger partial charge is 0.349 e. The molecular weight excluding hydrogens is 181 g/mol. The van der Waals surface area contributed by atoms with Gasteiger partial charge in [-0.25, -0.2) is 4.39 Å². The van der Waals surface area contributed by atoms with Crippen molar-refractivity contribution in [2.45, 2.75) is 19.4 Å². The minimum absolute atomic E-state index is 0.00533. The lowest BCUT2D eigenvalue weighted by Crippen LogP contribution is -2.21. The van der Waals surface area contributed by atoms with E-state index in [1.165, 1.54) is 6.07 Å². The summed E-state index contributed by atoms with van der Waals surface area (Å²) in [5.41, 5.74) is 0.589. The molecule has 1 aromatic carbocycles. The number of carbonyl (C=O) groups excluding carboxylic acids is 1. The average Bonchev–Trinajstić information content (AvgIpc) is 2.46. The standard InChI is InChI=1S/C11H12FNO/c1-7-6-10(14)13-11(7)8-4-2-3-5-9(8)12/h2-5,7,11H,6H2,1H3,(H,13,14). The molecule has 1 aromatic rings. The molecule has 1 aliphatic heterocycles. The molecule has 1 amide bonds. The van der Waals surface area contributed by atoms with Crippen LogP contribution in [0.25, 0.3) is 0 Å². The third kappa shape index (κ3) is 1.50. The highest BCUT2D eigenvalue weighted by Gasteiger charge is 2.31. The second kappa shape index (κ2) is 3.40. The Kier molecular flexibility index (Phi) is 2.23. The van der Waals surface area contributed by atoms with Gasteiger partial charge in [-0.2, -0.15) is 0 Å². The molecule has 2 rings (SSSR count). The first kappa shape index (κ1) is 9.19. The molecule has 0 aromatic heterocycles. The summed E-state index contributed by atoms with van der Waals surface area (Å²) in [7, 11) is 0. The van der Waals surface area contributed by atoms with E-state index in [1.807, 2.05) is 6.92 Å². The summed E-state index contributed by atoms with van der Waals surface area (Å²) in [5.74, 6) is -0.0725. The molecule has 2 atom stereocenters. The number of benzene rings is 1. The van der Waals surface area contributed by atoms with Gasteiger partial charge in [0.05, 0.1) is 6.04 Å². The van der Waals surface area contributed by atoms with Crippen molar-refractivity contribution in [3.63, 3.8) is 0 Å². The third-order valence-corrected chi connectivity index (χ3v) is 2.63. The summed E-state index contributed by atoms with van der Waals surface area (Å²) in [5, 5.41) is 2.78. The van der Waals surface area contributed by atoms with Crippen LogP contribution in [0.4, 0.5) is 4.39 Å². The SMILES string of the molecule is CC1CC(=O)NC1c1ccccc1F. The molecule has 2 unspecified atom stereocenters. The van der Waals surface area contributed by atoms with Crippen molar-refractivity contribution < 1.29 is 9.18 Å². The molecule has 0 saturated carbocycles. The van der Waals surface area contributed by atoms with Crippen molar-refractivity contribution in [2.75, 3.05) is 0 Å². The summed E-state index contributed by atoms with van der Waals surface area (Å²) in [6.45, 7) is 1.95. The molecule has 74 valence electrons. The zero-order valence-electron chi connectivity index (χ0n) is 7.96. The molecule has 2 nitrogen and oxygen atoms in total. The highest BCUT2D eigenvalue weighted by atomic mass is 19.1. The molecule has 0 spiro atoms. The zero-order valence-corrected chi connectivity index (χ0v) is 7.96. The Morgan fingerprint density at radius 1 is 1.43 bits per heavy atom. The Bertz CT molecular complexity index is 364. The van der Waals surface area contributed by atoms with Gasteiger partial charge >= 0.3 is 0 Å². The van der Waals surface area contributed by atoms with Crippen LogP contribution in [-0.2, 0) is 4.79 Å². The van der Waals surface area contributed by atoms with E-state index >= 15 is 0 Å². The molecule has 1 N–H and O–H groups in total. The van der Waals surface area contributed by atoms with Gasteiger partial charge < -0.3 is 5.32 Å². The molecule has 1 saturated heterocycles. The Morgan fingerprint density at radius 3 is 2.71 bits per heavy atom. The van der Waals surface area contributed by atoms with Crippen LogP contribution in [0.3, 0.4) is 0 Å². The number of amides is 1. The maximum absolute atomic E-state index is 13.4. The molecule has 1 aliphatic rings. The molecule has 1 heterocycles. The van der Waals surface area contributed by atoms with Gasteiger partial charge in [-0.05, 0) is 12.0 Å². The fourth-order valence-electron chi connectivity index (χ4n) is 1.90. The number of halogens is 1. The quantitative estimate of drug-likeness (QED) is 0.726. The number of nitrogens with one attached hydrogen (secondary N) is 1. The second-order valence-corrected chi connectivity index (χ2v) is 3.75. The highest BCUT2D eigenvalue weighted by molar-refractivity contribution is 5.79. The average molecular weight is 193 g/mol. The maximum atomic E-state index is 13.4. The van der Waals surface area contributed by atoms with Crippen LogP contribution in [0.5, 0.6) is 0 Å². The van der Waals surface area contributed by atoms with Crippen LogP contribution < -0.4 is 5.32 Å².